The number of rotatable bonds is 6. The minimum absolute atomic E-state index is 0.100. The van der Waals surface area contributed by atoms with Crippen LogP contribution in [0.25, 0.3) is 0 Å². The van der Waals surface area contributed by atoms with Crippen LogP contribution in [-0.2, 0) is 12.7 Å². The fraction of sp³-hybridized carbons (Fsp3) is 0.571. The van der Waals surface area contributed by atoms with Gasteiger partial charge in [0.05, 0.1) is 5.56 Å². The molecule has 0 saturated heterocycles. The van der Waals surface area contributed by atoms with E-state index in [2.05, 4.69) is 5.32 Å². The highest BCUT2D eigenvalue weighted by atomic mass is 19.4. The maximum atomic E-state index is 12.4. The van der Waals surface area contributed by atoms with E-state index in [9.17, 15) is 13.2 Å². The molecule has 2 N–H and O–H groups in total. The molecule has 0 aliphatic rings. The lowest BCUT2D eigenvalue weighted by Gasteiger charge is -2.21. The van der Waals surface area contributed by atoms with E-state index in [-0.39, 0.29) is 12.6 Å². The highest BCUT2D eigenvalue weighted by Gasteiger charge is 2.29. The summed E-state index contributed by atoms with van der Waals surface area (Å²) < 4.78 is 37.2. The molecule has 0 spiro atoms. The topological polar surface area (TPSA) is 32.3 Å². The lowest BCUT2D eigenvalue weighted by molar-refractivity contribution is -0.137. The van der Waals surface area contributed by atoms with Crippen molar-refractivity contribution in [2.24, 2.45) is 5.92 Å². The summed E-state index contributed by atoms with van der Waals surface area (Å²) >= 11 is 0. The molecular formula is C14H20F3NO. The van der Waals surface area contributed by atoms with Crippen LogP contribution in [0.15, 0.2) is 24.3 Å². The third-order valence-electron chi connectivity index (χ3n) is 3.09. The standard InChI is InChI=1S/C14H20F3NO/c1-10(2)13(7-8-19)18-9-11-3-5-12(6-4-11)14(15,16)17/h3-6,10,13,18-19H,7-9H2,1-2H3. The molecule has 0 saturated carbocycles. The molecule has 0 radical (unpaired) electrons. The second kappa shape index (κ2) is 6.91. The van der Waals surface area contributed by atoms with E-state index in [0.717, 1.165) is 17.7 Å². The monoisotopic (exact) mass is 275 g/mol. The van der Waals surface area contributed by atoms with Gasteiger partial charge in [0, 0.05) is 19.2 Å². The second-order valence-electron chi connectivity index (χ2n) is 4.94. The molecule has 1 atom stereocenters. The van der Waals surface area contributed by atoms with Crippen LogP contribution in [0.3, 0.4) is 0 Å². The van der Waals surface area contributed by atoms with Crippen LogP contribution in [0.5, 0.6) is 0 Å². The predicted molar refractivity (Wildman–Crippen MR) is 68.6 cm³/mol. The van der Waals surface area contributed by atoms with E-state index >= 15 is 0 Å². The van der Waals surface area contributed by atoms with Crippen molar-refractivity contribution >= 4 is 0 Å². The lowest BCUT2D eigenvalue weighted by atomic mass is 10.0. The Morgan fingerprint density at radius 1 is 1.16 bits per heavy atom. The number of aliphatic hydroxyl groups excluding tert-OH is 1. The van der Waals surface area contributed by atoms with Gasteiger partial charge < -0.3 is 10.4 Å². The van der Waals surface area contributed by atoms with Gasteiger partial charge in [-0.3, -0.25) is 0 Å². The average Bonchev–Trinajstić information content (AvgIpc) is 2.33. The maximum Gasteiger partial charge on any atom is 0.416 e. The van der Waals surface area contributed by atoms with E-state index in [1.54, 1.807) is 0 Å². The molecule has 0 aromatic heterocycles. The quantitative estimate of drug-likeness (QED) is 0.835. The molecule has 1 aromatic carbocycles. The summed E-state index contributed by atoms with van der Waals surface area (Å²) in [5.74, 6) is 0.363. The van der Waals surface area contributed by atoms with Crippen LogP contribution < -0.4 is 5.32 Å². The Kier molecular flexibility index (Phi) is 5.82. The first-order valence-electron chi connectivity index (χ1n) is 6.35. The second-order valence-corrected chi connectivity index (χ2v) is 4.94. The molecule has 0 aliphatic heterocycles. The Morgan fingerprint density at radius 3 is 2.16 bits per heavy atom. The molecule has 19 heavy (non-hydrogen) atoms. The number of benzene rings is 1. The van der Waals surface area contributed by atoms with Crippen LogP contribution in [-0.4, -0.2) is 17.8 Å². The van der Waals surface area contributed by atoms with Gasteiger partial charge >= 0.3 is 6.18 Å². The number of hydrogen-bond acceptors (Lipinski definition) is 2. The van der Waals surface area contributed by atoms with Crippen molar-refractivity contribution in [2.45, 2.75) is 39.0 Å². The summed E-state index contributed by atoms with van der Waals surface area (Å²) in [6, 6.07) is 5.30. The van der Waals surface area contributed by atoms with E-state index in [4.69, 9.17) is 5.11 Å². The maximum absolute atomic E-state index is 12.4. The number of alkyl halides is 3. The van der Waals surface area contributed by atoms with E-state index < -0.39 is 11.7 Å². The Balaban J connectivity index is 2.58. The molecule has 1 rings (SSSR count). The van der Waals surface area contributed by atoms with Crippen molar-refractivity contribution in [3.05, 3.63) is 35.4 Å². The number of halogens is 3. The fourth-order valence-electron chi connectivity index (χ4n) is 1.87. The summed E-state index contributed by atoms with van der Waals surface area (Å²) in [6.07, 6.45) is -3.65. The molecular weight excluding hydrogens is 255 g/mol. The summed E-state index contributed by atoms with van der Waals surface area (Å²) in [5, 5.41) is 12.2. The number of hydrogen-bond donors (Lipinski definition) is 2. The van der Waals surface area contributed by atoms with Crippen LogP contribution in [0.2, 0.25) is 0 Å². The molecule has 0 bridgehead atoms. The predicted octanol–water partition coefficient (Wildman–Crippen LogP) is 3.20. The molecule has 0 heterocycles. The molecule has 0 fully saturated rings. The SMILES string of the molecule is CC(C)C(CCO)NCc1ccc(C(F)(F)F)cc1. The fourth-order valence-corrected chi connectivity index (χ4v) is 1.87. The number of nitrogens with one attached hydrogen (secondary N) is 1. The van der Waals surface area contributed by atoms with Gasteiger partial charge in [-0.1, -0.05) is 26.0 Å². The van der Waals surface area contributed by atoms with Crippen LogP contribution in [0.1, 0.15) is 31.4 Å². The van der Waals surface area contributed by atoms with Gasteiger partial charge in [0.1, 0.15) is 0 Å². The molecule has 108 valence electrons. The van der Waals surface area contributed by atoms with Gasteiger partial charge in [0.25, 0.3) is 0 Å². The molecule has 2 nitrogen and oxygen atoms in total. The van der Waals surface area contributed by atoms with Gasteiger partial charge in [-0.15, -0.1) is 0 Å². The van der Waals surface area contributed by atoms with Crippen LogP contribution >= 0.6 is 0 Å². The Bertz CT molecular complexity index is 373. The normalized spacial score (nSPS) is 13.8. The Labute approximate surface area is 111 Å². The Morgan fingerprint density at radius 2 is 1.74 bits per heavy atom. The van der Waals surface area contributed by atoms with Crippen molar-refractivity contribution < 1.29 is 18.3 Å². The summed E-state index contributed by atoms with van der Waals surface area (Å²) in [5.41, 5.74) is 0.170. The first kappa shape index (κ1) is 16.0. The van der Waals surface area contributed by atoms with E-state index in [0.29, 0.717) is 18.9 Å². The smallest absolute Gasteiger partial charge is 0.396 e. The number of aliphatic hydroxyl groups is 1. The first-order chi connectivity index (χ1) is 8.84. The average molecular weight is 275 g/mol. The molecule has 0 aliphatic carbocycles. The summed E-state index contributed by atoms with van der Waals surface area (Å²) in [7, 11) is 0. The third kappa shape index (κ3) is 5.20. The molecule has 0 amide bonds. The van der Waals surface area contributed by atoms with E-state index in [1.165, 1.54) is 12.1 Å². The van der Waals surface area contributed by atoms with Crippen molar-refractivity contribution in [3.8, 4) is 0 Å². The lowest BCUT2D eigenvalue weighted by Crippen LogP contribution is -2.34. The molecule has 1 unspecified atom stereocenters. The van der Waals surface area contributed by atoms with Gasteiger partial charge in [-0.25, -0.2) is 0 Å². The van der Waals surface area contributed by atoms with Gasteiger partial charge in [-0.2, -0.15) is 13.2 Å². The van der Waals surface area contributed by atoms with E-state index in [1.807, 2.05) is 13.8 Å². The van der Waals surface area contributed by atoms with Crippen molar-refractivity contribution in [2.75, 3.05) is 6.61 Å². The summed E-state index contributed by atoms with van der Waals surface area (Å²) in [4.78, 5) is 0. The molecule has 1 aromatic rings. The van der Waals surface area contributed by atoms with Crippen molar-refractivity contribution in [1.82, 2.24) is 5.32 Å². The van der Waals surface area contributed by atoms with Gasteiger partial charge in [0.2, 0.25) is 0 Å². The van der Waals surface area contributed by atoms with Crippen molar-refractivity contribution in [3.63, 3.8) is 0 Å². The van der Waals surface area contributed by atoms with Gasteiger partial charge in [0.15, 0.2) is 0 Å². The zero-order valence-electron chi connectivity index (χ0n) is 11.2. The van der Waals surface area contributed by atoms with Crippen LogP contribution in [0.4, 0.5) is 13.2 Å². The van der Waals surface area contributed by atoms with Gasteiger partial charge in [-0.05, 0) is 30.0 Å². The zero-order valence-corrected chi connectivity index (χ0v) is 11.2. The van der Waals surface area contributed by atoms with Crippen LogP contribution in [0, 0.1) is 5.92 Å². The minimum Gasteiger partial charge on any atom is -0.396 e. The summed E-state index contributed by atoms with van der Waals surface area (Å²) in [6.45, 7) is 4.68. The first-order valence-corrected chi connectivity index (χ1v) is 6.35. The Hall–Kier alpha value is -1.07. The highest BCUT2D eigenvalue weighted by molar-refractivity contribution is 5.24. The minimum atomic E-state index is -4.29. The zero-order chi connectivity index (χ0) is 14.5. The third-order valence-corrected chi connectivity index (χ3v) is 3.09. The van der Waals surface area contributed by atoms with Crippen molar-refractivity contribution in [1.29, 1.82) is 0 Å². The molecule has 5 heteroatoms. The largest absolute Gasteiger partial charge is 0.416 e. The highest BCUT2D eigenvalue weighted by Crippen LogP contribution is 2.29.